The topological polar surface area (TPSA) is 178 Å². The van der Waals surface area contributed by atoms with Gasteiger partial charge in [-0.1, -0.05) is 36.4 Å². The monoisotopic (exact) mass is 887 g/mol. The molecule has 17 nitrogen and oxygen atoms in total. The molecule has 0 amide bonds. The summed E-state index contributed by atoms with van der Waals surface area (Å²) < 4.78 is 10.1. The number of benzene rings is 2. The van der Waals surface area contributed by atoms with E-state index in [9.17, 15) is 24.4 Å². The van der Waals surface area contributed by atoms with Crippen molar-refractivity contribution in [2.24, 2.45) is 28.2 Å². The van der Waals surface area contributed by atoms with Gasteiger partial charge in [0, 0.05) is 71.0 Å². The van der Waals surface area contributed by atoms with E-state index in [0.717, 1.165) is 95.0 Å². The zero-order valence-electron chi connectivity index (χ0n) is 32.5. The summed E-state index contributed by atoms with van der Waals surface area (Å²) in [5.41, 5.74) is 2.65. The minimum absolute atomic E-state index is 0.310. The molecule has 2 saturated heterocycles. The van der Waals surface area contributed by atoms with Crippen LogP contribution in [0.25, 0.3) is 22.3 Å². The van der Waals surface area contributed by atoms with E-state index in [1.54, 1.807) is 20.2 Å². The number of imidazole rings is 2. The summed E-state index contributed by atoms with van der Waals surface area (Å²) in [6.45, 7) is 7.64. The molecule has 2 aliphatic rings. The van der Waals surface area contributed by atoms with E-state index < -0.39 is 5.69 Å². The van der Waals surface area contributed by atoms with Crippen LogP contribution in [0.1, 0.15) is 29.5 Å². The third kappa shape index (κ3) is 7.66. The Morgan fingerprint density at radius 2 is 1.09 bits per heavy atom. The number of hydrogen-bond acceptors (Lipinski definition) is 11. The largest absolute Gasteiger partial charge is 0.341 e. The Morgan fingerprint density at radius 1 is 0.632 bits per heavy atom. The lowest BCUT2D eigenvalue weighted by Crippen LogP contribution is -2.37. The van der Waals surface area contributed by atoms with E-state index in [4.69, 9.17) is 9.97 Å². The summed E-state index contributed by atoms with van der Waals surface area (Å²) in [7, 11) is 6.28. The van der Waals surface area contributed by atoms with Crippen LogP contribution in [0.15, 0.2) is 67.7 Å². The molecule has 0 radical (unpaired) electrons. The quantitative estimate of drug-likeness (QED) is 0.229. The number of aryl methyl sites for hydroxylation is 2. The van der Waals surface area contributed by atoms with Gasteiger partial charge in [0.25, 0.3) is 11.1 Å². The lowest BCUT2D eigenvalue weighted by molar-refractivity contribution is 0.699. The Kier molecular flexibility index (Phi) is 11.8. The third-order valence-corrected chi connectivity index (χ3v) is 11.7. The molecule has 2 aliphatic heterocycles. The zero-order valence-corrected chi connectivity index (χ0v) is 34.7. The van der Waals surface area contributed by atoms with Crippen LogP contribution in [0, 0.1) is 14.9 Å². The molecule has 0 aliphatic carbocycles. The van der Waals surface area contributed by atoms with Gasteiger partial charge in [0.2, 0.25) is 11.9 Å². The van der Waals surface area contributed by atoms with Crippen molar-refractivity contribution in [3.05, 3.63) is 110 Å². The number of hydrogen-bond donors (Lipinski definition) is 2. The normalized spacial score (nSPS) is 14.9. The van der Waals surface area contributed by atoms with Gasteiger partial charge in [0.15, 0.2) is 22.3 Å². The molecule has 57 heavy (non-hydrogen) atoms. The highest BCUT2D eigenvalue weighted by Gasteiger charge is 2.26. The van der Waals surface area contributed by atoms with Crippen LogP contribution in [0.3, 0.4) is 0 Å². The Labute approximate surface area is 341 Å². The first-order valence-electron chi connectivity index (χ1n) is 19.0. The lowest BCUT2D eigenvalue weighted by atomic mass is 10.1. The van der Waals surface area contributed by atoms with Crippen molar-refractivity contribution in [3.8, 4) is 6.07 Å². The summed E-state index contributed by atoms with van der Waals surface area (Å²) in [4.78, 5) is 64.7. The zero-order chi connectivity index (χ0) is 40.4. The summed E-state index contributed by atoms with van der Waals surface area (Å²) >= 11 is 2.31. The summed E-state index contributed by atoms with van der Waals surface area (Å²) in [5.74, 6) is 1.39. The Morgan fingerprint density at radius 3 is 1.58 bits per heavy atom. The van der Waals surface area contributed by atoms with Crippen LogP contribution in [-0.4, -0.2) is 89.7 Å². The van der Waals surface area contributed by atoms with Gasteiger partial charge >= 0.3 is 11.4 Å². The van der Waals surface area contributed by atoms with Gasteiger partial charge in [-0.3, -0.25) is 37.0 Å². The first kappa shape index (κ1) is 39.7. The van der Waals surface area contributed by atoms with E-state index in [1.807, 2.05) is 39.5 Å². The highest BCUT2D eigenvalue weighted by molar-refractivity contribution is 14.1. The molecule has 2 aromatic carbocycles. The predicted octanol–water partition coefficient (Wildman–Crippen LogP) is 1.04. The average molecular weight is 888 g/mol. The molecule has 0 spiro atoms. The van der Waals surface area contributed by atoms with Crippen LogP contribution in [0.5, 0.6) is 0 Å². The summed E-state index contributed by atoms with van der Waals surface area (Å²) in [6.07, 6.45) is 1.96. The maximum absolute atomic E-state index is 13.0. The van der Waals surface area contributed by atoms with Crippen LogP contribution in [-0.2, 0) is 41.3 Å². The van der Waals surface area contributed by atoms with Gasteiger partial charge in [-0.05, 0) is 71.8 Å². The molecular weight excluding hydrogens is 841 g/mol. The Bertz CT molecular complexity index is 2730. The fraction of sp³-hybridized carbons (Fsp3) is 0.410. The summed E-state index contributed by atoms with van der Waals surface area (Å²) in [6, 6.07) is 17.7. The van der Waals surface area contributed by atoms with Crippen LogP contribution >= 0.6 is 22.6 Å². The number of anilines is 2. The van der Waals surface area contributed by atoms with Crippen molar-refractivity contribution in [2.75, 3.05) is 62.2 Å². The fourth-order valence-electron chi connectivity index (χ4n) is 7.48. The average Bonchev–Trinajstić information content (AvgIpc) is 3.48. The van der Waals surface area contributed by atoms with Crippen LogP contribution in [0.2, 0.25) is 0 Å². The highest BCUT2D eigenvalue weighted by Crippen LogP contribution is 2.25. The van der Waals surface area contributed by atoms with E-state index in [0.29, 0.717) is 46.9 Å². The second kappa shape index (κ2) is 16.9. The molecule has 298 valence electrons. The molecule has 6 aromatic rings. The molecule has 2 N–H and O–H groups in total. The maximum Gasteiger partial charge on any atom is 0.332 e. The standard InChI is InChI=1S/C20H23N7O2.C19H23IN6O2/c1-24-17-16(18(28)25(2)20(24)29)27(13-15-7-4-3-6-14(15)12-21)19(23-17)26-10-5-8-22-9-11-26;1-23-16-15(17(27)24(2)19(23)28)26(12-13-6-3-4-7-14(13)20)18(22-16)25-10-5-8-21-9-11-25/h3-4,6-7,22H,5,8-11,13H2,1-2H3;3-4,6-7,21H,5,8-12H2,1-2H3. The van der Waals surface area contributed by atoms with Gasteiger partial charge in [-0.2, -0.15) is 15.2 Å². The van der Waals surface area contributed by atoms with E-state index >= 15 is 0 Å². The van der Waals surface area contributed by atoms with Crippen molar-refractivity contribution < 1.29 is 0 Å². The first-order valence-corrected chi connectivity index (χ1v) is 20.0. The first-order chi connectivity index (χ1) is 27.5. The number of halogens is 1. The number of nitriles is 1. The van der Waals surface area contributed by atoms with Gasteiger partial charge in [-0.25, -0.2) is 9.59 Å². The lowest BCUT2D eigenvalue weighted by Gasteiger charge is -2.22. The Balaban J connectivity index is 0.000000174. The molecule has 0 saturated carbocycles. The Hall–Kier alpha value is -5.52. The molecule has 2 fully saturated rings. The second-order valence-corrected chi connectivity index (χ2v) is 15.5. The molecule has 0 atom stereocenters. The predicted molar refractivity (Wildman–Crippen MR) is 228 cm³/mol. The van der Waals surface area contributed by atoms with Crippen molar-refractivity contribution in [1.29, 1.82) is 5.26 Å². The highest BCUT2D eigenvalue weighted by atomic mass is 127. The maximum atomic E-state index is 13.0. The van der Waals surface area contributed by atoms with E-state index in [1.165, 1.54) is 23.2 Å². The van der Waals surface area contributed by atoms with Gasteiger partial charge in [-0.15, -0.1) is 0 Å². The number of fused-ring (bicyclic) bond motifs is 2. The van der Waals surface area contributed by atoms with E-state index in [2.05, 4.69) is 61.2 Å². The molecule has 4 aromatic heterocycles. The molecule has 0 unspecified atom stereocenters. The molecule has 6 heterocycles. The third-order valence-electron chi connectivity index (χ3n) is 10.7. The van der Waals surface area contributed by atoms with E-state index in [-0.39, 0.29) is 16.8 Å². The molecule has 18 heteroatoms. The molecule has 0 bridgehead atoms. The van der Waals surface area contributed by atoms with Crippen molar-refractivity contribution in [2.45, 2.75) is 25.9 Å². The summed E-state index contributed by atoms with van der Waals surface area (Å²) in [5, 5.41) is 16.3. The number of rotatable bonds is 6. The molecule has 8 rings (SSSR count). The second-order valence-electron chi connectivity index (χ2n) is 14.3. The fourth-order valence-corrected chi connectivity index (χ4v) is 8.04. The van der Waals surface area contributed by atoms with Gasteiger partial charge in [0.1, 0.15) is 0 Å². The SMILES string of the molecule is Cn1c(=O)c2c(nc(N3CCCNCC3)n2Cc2ccccc2C#N)n(C)c1=O.Cn1c(=O)c2c(nc(N3CCCNCC3)n2Cc2ccccc2I)n(C)c1=O. The minimum atomic E-state index is -0.409. The number of nitrogens with one attached hydrogen (secondary N) is 2. The van der Waals surface area contributed by atoms with Crippen molar-refractivity contribution in [3.63, 3.8) is 0 Å². The molecular formula is C39H46IN13O4. The van der Waals surface area contributed by atoms with Gasteiger partial charge < -0.3 is 20.4 Å². The van der Waals surface area contributed by atoms with Crippen LogP contribution in [0.4, 0.5) is 11.9 Å². The van der Waals surface area contributed by atoms with Crippen LogP contribution < -0.4 is 42.9 Å². The number of aromatic nitrogens is 8. The van der Waals surface area contributed by atoms with Crippen molar-refractivity contribution in [1.82, 2.24) is 48.0 Å². The van der Waals surface area contributed by atoms with Crippen molar-refractivity contribution >= 4 is 56.8 Å². The smallest absolute Gasteiger partial charge is 0.332 e. The van der Waals surface area contributed by atoms with Gasteiger partial charge in [0.05, 0.1) is 24.7 Å². The number of nitrogens with zero attached hydrogens (tertiary/aromatic N) is 11. The minimum Gasteiger partial charge on any atom is -0.341 e.